The van der Waals surface area contributed by atoms with E-state index in [4.69, 9.17) is 5.73 Å². The monoisotopic (exact) mass is 742 g/mol. The Morgan fingerprint density at radius 1 is 0.536 bits per heavy atom. The molecule has 2 aromatic heterocycles. The molecule has 0 aliphatic heterocycles. The Balaban J connectivity index is 0.000000391. The standard InChI is InChI=1S/C43H30N2S.C8H10.C2H6/c44-37(29-11-2-1-3-12-29)24-25-45-38-18-9-17-34(43(38)42-33-15-5-4-10-28(33)21-23-39(42)45)32-14-8-13-30(26-32)31-20-22-36-35-16-6-7-19-40(35)46-41(36)27-31;1-2-8-6-4-3-5-7-8;1-2/h1-24,26-27H,25,44H2;3-7H,2H2,1H3;1-2H3/b37-24-;;. The quantitative estimate of drug-likeness (QED) is 0.181. The Bertz CT molecular complexity index is 2950. The third-order valence-corrected chi connectivity index (χ3v) is 11.7. The third-order valence-electron chi connectivity index (χ3n) is 10.5. The molecule has 8 aromatic carbocycles. The lowest BCUT2D eigenvalue weighted by Crippen LogP contribution is -2.01. The molecule has 0 unspecified atom stereocenters. The fourth-order valence-electron chi connectivity index (χ4n) is 7.77. The molecule has 2 N–H and O–H groups in total. The van der Waals surface area contributed by atoms with Gasteiger partial charge in [-0.1, -0.05) is 172 Å². The van der Waals surface area contributed by atoms with Gasteiger partial charge in [-0.15, -0.1) is 11.3 Å². The van der Waals surface area contributed by atoms with E-state index in [1.54, 1.807) is 0 Å². The molecule has 56 heavy (non-hydrogen) atoms. The van der Waals surface area contributed by atoms with E-state index in [9.17, 15) is 0 Å². The van der Waals surface area contributed by atoms with Gasteiger partial charge in [-0.3, -0.25) is 0 Å². The van der Waals surface area contributed by atoms with Crippen LogP contribution in [0.25, 0.3) is 80.7 Å². The van der Waals surface area contributed by atoms with Gasteiger partial charge in [0, 0.05) is 43.2 Å². The van der Waals surface area contributed by atoms with Crippen molar-refractivity contribution in [3.8, 4) is 22.3 Å². The predicted molar refractivity (Wildman–Crippen MR) is 246 cm³/mol. The van der Waals surface area contributed by atoms with Crippen LogP contribution in [0.2, 0.25) is 0 Å². The molecule has 3 heteroatoms. The summed E-state index contributed by atoms with van der Waals surface area (Å²) < 4.78 is 5.07. The van der Waals surface area contributed by atoms with E-state index in [1.165, 1.54) is 80.6 Å². The van der Waals surface area contributed by atoms with E-state index in [0.717, 1.165) is 17.7 Å². The number of thiophene rings is 1. The summed E-state index contributed by atoms with van der Waals surface area (Å²) in [4.78, 5) is 0. The molecule has 0 atom stereocenters. The Kier molecular flexibility index (Phi) is 10.8. The first kappa shape index (κ1) is 36.6. The van der Waals surface area contributed by atoms with Crippen LogP contribution in [0.4, 0.5) is 0 Å². The Morgan fingerprint density at radius 2 is 1.18 bits per heavy atom. The lowest BCUT2D eigenvalue weighted by atomic mass is 9.94. The first-order valence-electron chi connectivity index (χ1n) is 19.7. The average molecular weight is 743 g/mol. The fraction of sp³-hybridized carbons (Fsp3) is 0.0943. The number of hydrogen-bond donors (Lipinski definition) is 1. The van der Waals surface area contributed by atoms with Crippen molar-refractivity contribution in [1.29, 1.82) is 0 Å². The minimum Gasteiger partial charge on any atom is -0.398 e. The van der Waals surface area contributed by atoms with Gasteiger partial charge in [0.2, 0.25) is 0 Å². The normalized spacial score (nSPS) is 11.4. The molecule has 0 spiro atoms. The molecule has 0 aliphatic carbocycles. The molecule has 10 rings (SSSR count). The Hall–Kier alpha value is -6.42. The number of benzene rings is 8. The van der Waals surface area contributed by atoms with Gasteiger partial charge in [-0.25, -0.2) is 0 Å². The number of fused-ring (bicyclic) bond motifs is 8. The van der Waals surface area contributed by atoms with Crippen LogP contribution >= 0.6 is 11.3 Å². The number of allylic oxidation sites excluding steroid dienone is 1. The number of hydrogen-bond acceptors (Lipinski definition) is 2. The van der Waals surface area contributed by atoms with Gasteiger partial charge in [0.05, 0.1) is 11.0 Å². The molecule has 2 nitrogen and oxygen atoms in total. The van der Waals surface area contributed by atoms with Gasteiger partial charge in [-0.05, 0) is 87.0 Å². The van der Waals surface area contributed by atoms with E-state index in [1.807, 2.05) is 49.4 Å². The average Bonchev–Trinajstić information content (AvgIpc) is 3.82. The van der Waals surface area contributed by atoms with Crippen molar-refractivity contribution in [2.75, 3.05) is 0 Å². The van der Waals surface area contributed by atoms with Crippen molar-refractivity contribution in [3.05, 3.63) is 199 Å². The highest BCUT2D eigenvalue weighted by Crippen LogP contribution is 2.42. The van der Waals surface area contributed by atoms with E-state index >= 15 is 0 Å². The summed E-state index contributed by atoms with van der Waals surface area (Å²) in [6, 6.07) is 65.2. The molecule has 0 saturated carbocycles. The smallest absolute Gasteiger partial charge is 0.0501 e. The SMILES string of the molecule is CC.CCc1ccccc1.N/C(=C\Cn1c2cccc(-c3cccc(-c4ccc5c(c4)sc4ccccc45)c3)c2c2c3ccccc3ccc21)c1ccccc1. The second-order valence-corrected chi connectivity index (χ2v) is 14.8. The summed E-state index contributed by atoms with van der Waals surface area (Å²) in [5.74, 6) is 0. The first-order valence-corrected chi connectivity index (χ1v) is 20.5. The topological polar surface area (TPSA) is 30.9 Å². The van der Waals surface area contributed by atoms with Gasteiger partial charge in [0.15, 0.2) is 0 Å². The molecule has 0 amide bonds. The van der Waals surface area contributed by atoms with Crippen molar-refractivity contribution in [1.82, 2.24) is 4.57 Å². The molecule has 0 saturated heterocycles. The third kappa shape index (κ3) is 7.10. The van der Waals surface area contributed by atoms with E-state index in [0.29, 0.717) is 6.54 Å². The zero-order valence-electron chi connectivity index (χ0n) is 32.2. The van der Waals surface area contributed by atoms with Gasteiger partial charge in [0.25, 0.3) is 0 Å². The Morgan fingerprint density at radius 3 is 1.96 bits per heavy atom. The van der Waals surface area contributed by atoms with Crippen molar-refractivity contribution >= 4 is 69.8 Å². The molecule has 0 fully saturated rings. The number of nitrogens with zero attached hydrogens (tertiary/aromatic N) is 1. The number of aromatic nitrogens is 1. The molecule has 2 heterocycles. The Labute approximate surface area is 333 Å². The van der Waals surface area contributed by atoms with Crippen LogP contribution < -0.4 is 5.73 Å². The molecule has 274 valence electrons. The maximum absolute atomic E-state index is 6.59. The molecular formula is C53H46N2S. The number of aryl methyl sites for hydroxylation is 1. The van der Waals surface area contributed by atoms with Gasteiger partial charge in [-0.2, -0.15) is 0 Å². The van der Waals surface area contributed by atoms with Crippen LogP contribution in [-0.4, -0.2) is 4.57 Å². The number of rotatable bonds is 6. The first-order chi connectivity index (χ1) is 27.7. The van der Waals surface area contributed by atoms with Crippen molar-refractivity contribution in [2.45, 2.75) is 33.7 Å². The molecule has 10 aromatic rings. The number of nitrogens with two attached hydrogens (primary N) is 1. The van der Waals surface area contributed by atoms with Crippen LogP contribution in [0.5, 0.6) is 0 Å². The minimum atomic E-state index is 0.678. The van der Waals surface area contributed by atoms with E-state index in [-0.39, 0.29) is 0 Å². The van der Waals surface area contributed by atoms with Crippen LogP contribution in [0, 0.1) is 0 Å². The van der Waals surface area contributed by atoms with Gasteiger partial charge in [0.1, 0.15) is 0 Å². The fourth-order valence-corrected chi connectivity index (χ4v) is 8.91. The van der Waals surface area contributed by atoms with Gasteiger partial charge < -0.3 is 10.3 Å². The van der Waals surface area contributed by atoms with E-state index < -0.39 is 0 Å². The lowest BCUT2D eigenvalue weighted by molar-refractivity contribution is 0.899. The maximum Gasteiger partial charge on any atom is 0.0501 e. The molecule has 0 bridgehead atoms. The zero-order chi connectivity index (χ0) is 38.4. The summed E-state index contributed by atoms with van der Waals surface area (Å²) in [5.41, 5.74) is 17.2. The highest BCUT2D eigenvalue weighted by Gasteiger charge is 2.17. The van der Waals surface area contributed by atoms with Crippen molar-refractivity contribution in [3.63, 3.8) is 0 Å². The van der Waals surface area contributed by atoms with Crippen LogP contribution in [-0.2, 0) is 13.0 Å². The lowest BCUT2D eigenvalue weighted by Gasteiger charge is -2.10. The summed E-state index contributed by atoms with van der Waals surface area (Å²) >= 11 is 1.87. The van der Waals surface area contributed by atoms with Gasteiger partial charge >= 0.3 is 0 Å². The highest BCUT2D eigenvalue weighted by atomic mass is 32.1. The second kappa shape index (κ2) is 16.5. The zero-order valence-corrected chi connectivity index (χ0v) is 33.1. The predicted octanol–water partition coefficient (Wildman–Crippen LogP) is 14.9. The highest BCUT2D eigenvalue weighted by molar-refractivity contribution is 7.25. The molecular weight excluding hydrogens is 697 g/mol. The van der Waals surface area contributed by atoms with Crippen LogP contribution in [0.1, 0.15) is 31.9 Å². The maximum atomic E-state index is 6.59. The summed E-state index contributed by atoms with van der Waals surface area (Å²) in [6.45, 7) is 6.84. The van der Waals surface area contributed by atoms with Crippen LogP contribution in [0.15, 0.2) is 188 Å². The summed E-state index contributed by atoms with van der Waals surface area (Å²) in [5, 5.41) is 7.73. The minimum absolute atomic E-state index is 0.678. The summed E-state index contributed by atoms with van der Waals surface area (Å²) in [6.07, 6.45) is 3.28. The molecule has 0 aliphatic rings. The van der Waals surface area contributed by atoms with Crippen LogP contribution in [0.3, 0.4) is 0 Å². The van der Waals surface area contributed by atoms with Crippen molar-refractivity contribution in [2.24, 2.45) is 5.73 Å². The molecule has 0 radical (unpaired) electrons. The van der Waals surface area contributed by atoms with Crippen molar-refractivity contribution < 1.29 is 0 Å². The summed E-state index contributed by atoms with van der Waals surface area (Å²) in [7, 11) is 0. The van der Waals surface area contributed by atoms with E-state index in [2.05, 4.69) is 175 Å². The second-order valence-electron chi connectivity index (χ2n) is 13.7. The largest absolute Gasteiger partial charge is 0.398 e.